The van der Waals surface area contributed by atoms with Gasteiger partial charge in [-0.2, -0.15) is 13.2 Å². The molecule has 4 aliphatic carbocycles. The predicted molar refractivity (Wildman–Crippen MR) is 164 cm³/mol. The zero-order valence-corrected chi connectivity index (χ0v) is 27.1. The van der Waals surface area contributed by atoms with Crippen molar-refractivity contribution >= 4 is 5.97 Å². The van der Waals surface area contributed by atoms with E-state index in [9.17, 15) is 18.0 Å². The van der Waals surface area contributed by atoms with E-state index >= 15 is 0 Å². The summed E-state index contributed by atoms with van der Waals surface area (Å²) >= 11 is 0. The van der Waals surface area contributed by atoms with Crippen molar-refractivity contribution in [3.8, 4) is 0 Å². The normalized spacial score (nSPS) is 36.1. The highest BCUT2D eigenvalue weighted by Crippen LogP contribution is 2.67. The highest BCUT2D eigenvalue weighted by Gasteiger charge is 2.65. The molecular weight excluding hydrogens is 549 g/mol. The lowest BCUT2D eigenvalue weighted by Gasteiger charge is -2.58. The Labute approximate surface area is 257 Å². The summed E-state index contributed by atoms with van der Waals surface area (Å²) in [5, 5.41) is 0. The monoisotopic (exact) mass is 602 g/mol. The first-order valence-corrected chi connectivity index (χ1v) is 16.9. The Kier molecular flexibility index (Phi) is 9.22. The molecule has 0 unspecified atom stereocenters. The molecule has 0 heterocycles. The maximum Gasteiger partial charge on any atom is 0.432 e. The van der Waals surface area contributed by atoms with Gasteiger partial charge < -0.3 is 9.47 Å². The topological polar surface area (TPSA) is 35.5 Å². The molecule has 43 heavy (non-hydrogen) atoms. The zero-order valence-electron chi connectivity index (χ0n) is 27.1. The number of carbonyl (C=O) groups is 1. The highest BCUT2D eigenvalue weighted by atomic mass is 19.4. The molecule has 4 aliphatic rings. The van der Waals surface area contributed by atoms with Gasteiger partial charge in [-0.25, -0.2) is 4.79 Å². The van der Waals surface area contributed by atoms with E-state index in [1.165, 1.54) is 74.8 Å². The van der Waals surface area contributed by atoms with Gasteiger partial charge in [0.1, 0.15) is 6.10 Å². The van der Waals surface area contributed by atoms with Crippen LogP contribution in [0.4, 0.5) is 13.2 Å². The van der Waals surface area contributed by atoms with E-state index in [0.717, 1.165) is 43.6 Å². The van der Waals surface area contributed by atoms with Gasteiger partial charge in [-0.15, -0.1) is 0 Å². The van der Waals surface area contributed by atoms with E-state index in [1.54, 1.807) is 6.07 Å². The van der Waals surface area contributed by atoms with Crippen molar-refractivity contribution in [1.82, 2.24) is 0 Å². The summed E-state index contributed by atoms with van der Waals surface area (Å²) < 4.78 is 54.0. The summed E-state index contributed by atoms with van der Waals surface area (Å²) in [6.45, 7) is 12.1. The zero-order chi connectivity index (χ0) is 31.2. The van der Waals surface area contributed by atoms with Crippen LogP contribution in [-0.2, 0) is 19.9 Å². The minimum Gasteiger partial charge on any atom is -0.459 e. The quantitative estimate of drug-likeness (QED) is 0.208. The number of allylic oxidation sites excluding steroid dienone is 1. The van der Waals surface area contributed by atoms with Crippen LogP contribution in [0.3, 0.4) is 0 Å². The van der Waals surface area contributed by atoms with Gasteiger partial charge >= 0.3 is 12.1 Å². The van der Waals surface area contributed by atoms with E-state index in [4.69, 9.17) is 9.47 Å². The third-order valence-electron chi connectivity index (χ3n) is 12.7. The van der Waals surface area contributed by atoms with Crippen molar-refractivity contribution in [1.29, 1.82) is 0 Å². The second-order valence-electron chi connectivity index (χ2n) is 15.3. The summed E-state index contributed by atoms with van der Waals surface area (Å²) in [5.74, 6) is 2.98. The lowest BCUT2D eigenvalue weighted by molar-refractivity contribution is -0.278. The minimum atomic E-state index is -4.96. The molecule has 5 rings (SSSR count). The summed E-state index contributed by atoms with van der Waals surface area (Å²) in [6, 6.07) is 7.12. The van der Waals surface area contributed by atoms with Crippen LogP contribution < -0.4 is 0 Å². The molecule has 240 valence electrons. The number of esters is 1. The van der Waals surface area contributed by atoms with Crippen LogP contribution in [0, 0.1) is 46.3 Å². The molecule has 0 N–H and O–H groups in total. The molecule has 3 nitrogen and oxygen atoms in total. The molecule has 0 bridgehead atoms. The number of carbonyl (C=O) groups excluding carboxylic acids is 1. The Morgan fingerprint density at radius 2 is 1.70 bits per heavy atom. The second-order valence-corrected chi connectivity index (χ2v) is 15.3. The standard InChI is InChI=1S/C37H53F3O3/c1-24(2)11-10-12-25(3)30-17-18-31-29-16-15-27-23-28(19-21-34(27,4)32(29)20-22-35(30,31)5)43-33(41)36(42-6,37(38,39)40)26-13-8-7-9-14-26/h7-9,13-15,24-25,28-32H,10-12,16-23H2,1-6H3/t25-,28+,29+,30-,31+,32+,34+,35-,36+/m1/s1. The van der Waals surface area contributed by atoms with Gasteiger partial charge in [0.05, 0.1) is 0 Å². The second kappa shape index (κ2) is 12.2. The van der Waals surface area contributed by atoms with Crippen molar-refractivity contribution in [3.63, 3.8) is 0 Å². The van der Waals surface area contributed by atoms with Gasteiger partial charge in [0.2, 0.25) is 0 Å². The van der Waals surface area contributed by atoms with Crippen LogP contribution in [0.2, 0.25) is 0 Å². The first-order valence-electron chi connectivity index (χ1n) is 16.9. The summed E-state index contributed by atoms with van der Waals surface area (Å²) in [4.78, 5) is 13.3. The number of hydrogen-bond acceptors (Lipinski definition) is 3. The molecule has 1 aromatic carbocycles. The SMILES string of the molecule is CO[C@](C(=O)O[C@H]1CC[C@@]2(C)C(=CC[C@H]3[C@@H]4CC[C@H]([C@H](C)CCCC(C)C)[C@@]4(C)CC[C@@H]32)C1)(c1ccccc1)C(F)(F)F. The number of fused-ring (bicyclic) bond motifs is 5. The van der Waals surface area contributed by atoms with Gasteiger partial charge in [0.25, 0.3) is 5.60 Å². The third kappa shape index (κ3) is 5.61. The molecule has 3 fully saturated rings. The number of rotatable bonds is 9. The lowest BCUT2D eigenvalue weighted by atomic mass is 9.47. The molecule has 0 amide bonds. The number of ether oxygens (including phenoxy) is 2. The maximum absolute atomic E-state index is 14.5. The molecule has 6 heteroatoms. The van der Waals surface area contributed by atoms with Crippen molar-refractivity contribution in [2.24, 2.45) is 46.3 Å². The molecule has 0 aromatic heterocycles. The fourth-order valence-corrected chi connectivity index (χ4v) is 10.4. The first-order chi connectivity index (χ1) is 20.3. The lowest BCUT2D eigenvalue weighted by Crippen LogP contribution is -2.53. The van der Waals surface area contributed by atoms with Crippen molar-refractivity contribution < 1.29 is 27.4 Å². The number of alkyl halides is 3. The summed E-state index contributed by atoms with van der Waals surface area (Å²) in [6.07, 6.45) is 8.97. The average molecular weight is 603 g/mol. The molecule has 0 saturated heterocycles. The van der Waals surface area contributed by atoms with E-state index < -0.39 is 23.9 Å². The number of hydrogen-bond donors (Lipinski definition) is 0. The molecule has 3 saturated carbocycles. The summed E-state index contributed by atoms with van der Waals surface area (Å²) in [7, 11) is 0.931. The molecule has 1 aromatic rings. The van der Waals surface area contributed by atoms with E-state index in [2.05, 4.69) is 40.7 Å². The highest BCUT2D eigenvalue weighted by molar-refractivity contribution is 5.83. The van der Waals surface area contributed by atoms with Gasteiger partial charge in [-0.3, -0.25) is 0 Å². The predicted octanol–water partition coefficient (Wildman–Crippen LogP) is 10.0. The Hall–Kier alpha value is -1.82. The maximum atomic E-state index is 14.5. The van der Waals surface area contributed by atoms with E-state index in [-0.39, 0.29) is 11.0 Å². The molecule has 0 spiro atoms. The van der Waals surface area contributed by atoms with Crippen LogP contribution in [-0.4, -0.2) is 25.4 Å². The third-order valence-corrected chi connectivity index (χ3v) is 12.7. The van der Waals surface area contributed by atoms with Crippen LogP contribution in [0.15, 0.2) is 42.0 Å². The largest absolute Gasteiger partial charge is 0.459 e. The van der Waals surface area contributed by atoms with Crippen LogP contribution in [0.25, 0.3) is 0 Å². The Bertz CT molecular complexity index is 1160. The van der Waals surface area contributed by atoms with E-state index in [0.29, 0.717) is 30.1 Å². The van der Waals surface area contributed by atoms with Crippen LogP contribution in [0.1, 0.15) is 111 Å². The molecule has 0 radical (unpaired) electrons. The smallest absolute Gasteiger partial charge is 0.432 e. The Morgan fingerprint density at radius 1 is 0.977 bits per heavy atom. The average Bonchev–Trinajstić information content (AvgIpc) is 3.31. The van der Waals surface area contributed by atoms with Crippen LogP contribution in [0.5, 0.6) is 0 Å². The molecular formula is C37H53F3O3. The van der Waals surface area contributed by atoms with Gasteiger partial charge in [-0.05, 0) is 91.3 Å². The first kappa shape index (κ1) is 32.6. The van der Waals surface area contributed by atoms with Crippen molar-refractivity contribution in [2.75, 3.05) is 7.11 Å². The number of halogens is 3. The van der Waals surface area contributed by atoms with Crippen LogP contribution >= 0.6 is 0 Å². The van der Waals surface area contributed by atoms with Gasteiger partial charge in [0.15, 0.2) is 0 Å². The van der Waals surface area contributed by atoms with Gasteiger partial charge in [-0.1, -0.05) is 95.9 Å². The Balaban J connectivity index is 1.29. The molecule has 0 aliphatic heterocycles. The number of methoxy groups -OCH3 is 1. The van der Waals surface area contributed by atoms with Gasteiger partial charge in [0, 0.05) is 19.1 Å². The minimum absolute atomic E-state index is 0.0237. The molecule has 9 atom stereocenters. The number of benzene rings is 1. The Morgan fingerprint density at radius 3 is 2.35 bits per heavy atom. The fraction of sp³-hybridized carbons (Fsp3) is 0.757. The van der Waals surface area contributed by atoms with Crippen molar-refractivity contribution in [2.45, 2.75) is 123 Å². The fourth-order valence-electron chi connectivity index (χ4n) is 10.4. The van der Waals surface area contributed by atoms with Crippen molar-refractivity contribution in [3.05, 3.63) is 47.5 Å². The van der Waals surface area contributed by atoms with E-state index in [1.807, 2.05) is 0 Å². The summed E-state index contributed by atoms with van der Waals surface area (Å²) in [5.41, 5.74) is -1.68.